The van der Waals surface area contributed by atoms with E-state index in [1.807, 2.05) is 19.9 Å². The number of carbonyl (C=O) groups is 2. The average Bonchev–Trinajstić information content (AvgIpc) is 2.54. The van der Waals surface area contributed by atoms with Crippen LogP contribution < -0.4 is 10.4 Å². The Morgan fingerprint density at radius 2 is 1.92 bits per heavy atom. The Hall–Kier alpha value is -2.83. The van der Waals surface area contributed by atoms with Gasteiger partial charge in [0.05, 0.1) is 7.11 Å². The number of carboxylic acid groups (broad SMARTS) is 1. The smallest absolute Gasteiger partial charge is 0.339 e. The topological polar surface area (TPSA) is 97.0 Å². The normalized spacial score (nSPS) is 10.7. The number of methoxy groups -OCH3 is 1. The summed E-state index contributed by atoms with van der Waals surface area (Å²) in [7, 11) is 2.97. The standard InChI is InChI=1S/C18H21NO6/c1-10-12-5-7-14(24-4)11(2)17(12)25-18(23)13(10)6-8-15(20)19(3)9-16(21)22/h5,7H,6,8-9H2,1-4H3,(H,21,22). The molecule has 0 aliphatic rings. The van der Waals surface area contributed by atoms with Gasteiger partial charge in [0, 0.05) is 30.0 Å². The number of carbonyl (C=O) groups excluding carboxylic acids is 1. The zero-order valence-electron chi connectivity index (χ0n) is 14.7. The summed E-state index contributed by atoms with van der Waals surface area (Å²) in [5.74, 6) is -0.790. The van der Waals surface area contributed by atoms with Crippen molar-refractivity contribution in [3.63, 3.8) is 0 Å². The molecule has 1 amide bonds. The molecule has 1 aromatic carbocycles. The highest BCUT2D eigenvalue weighted by Crippen LogP contribution is 2.29. The van der Waals surface area contributed by atoms with E-state index >= 15 is 0 Å². The van der Waals surface area contributed by atoms with Gasteiger partial charge in [-0.25, -0.2) is 4.79 Å². The molecule has 0 spiro atoms. The first kappa shape index (κ1) is 18.5. The number of benzene rings is 1. The third kappa shape index (κ3) is 3.81. The van der Waals surface area contributed by atoms with Crippen molar-refractivity contribution in [1.29, 1.82) is 0 Å². The first-order chi connectivity index (χ1) is 11.8. The molecule has 0 unspecified atom stereocenters. The molecule has 0 atom stereocenters. The molecule has 1 N–H and O–H groups in total. The highest BCUT2D eigenvalue weighted by molar-refractivity contribution is 5.86. The quantitative estimate of drug-likeness (QED) is 0.802. The summed E-state index contributed by atoms with van der Waals surface area (Å²) in [4.78, 5) is 36.1. The lowest BCUT2D eigenvalue weighted by molar-refractivity contribution is -0.143. The number of hydrogen-bond acceptors (Lipinski definition) is 5. The Bertz CT molecular complexity index is 883. The highest BCUT2D eigenvalue weighted by Gasteiger charge is 2.17. The van der Waals surface area contributed by atoms with Gasteiger partial charge < -0.3 is 19.2 Å². The van der Waals surface area contributed by atoms with E-state index in [-0.39, 0.29) is 25.3 Å². The molecule has 0 radical (unpaired) electrons. The number of hydrogen-bond donors (Lipinski definition) is 1. The van der Waals surface area contributed by atoms with Crippen LogP contribution in [0.5, 0.6) is 5.75 Å². The monoisotopic (exact) mass is 347 g/mol. The molecule has 1 aromatic heterocycles. The molecule has 0 fully saturated rings. The molecule has 7 heteroatoms. The van der Waals surface area contributed by atoms with Crippen molar-refractivity contribution in [2.45, 2.75) is 26.7 Å². The van der Waals surface area contributed by atoms with Gasteiger partial charge in [0.1, 0.15) is 17.9 Å². The maximum absolute atomic E-state index is 12.3. The molecule has 2 aromatic rings. The van der Waals surface area contributed by atoms with Crippen molar-refractivity contribution >= 4 is 22.8 Å². The van der Waals surface area contributed by atoms with Crippen LogP contribution in [0.1, 0.15) is 23.1 Å². The lowest BCUT2D eigenvalue weighted by Gasteiger charge is -2.15. The van der Waals surface area contributed by atoms with Crippen LogP contribution in [-0.2, 0) is 16.0 Å². The third-order valence-electron chi connectivity index (χ3n) is 4.26. The van der Waals surface area contributed by atoms with Crippen molar-refractivity contribution < 1.29 is 23.8 Å². The van der Waals surface area contributed by atoms with Crippen LogP contribution in [0.15, 0.2) is 21.3 Å². The minimum atomic E-state index is -1.08. The Balaban J connectivity index is 2.32. The molecule has 2 rings (SSSR count). The molecular weight excluding hydrogens is 326 g/mol. The summed E-state index contributed by atoms with van der Waals surface area (Å²) in [6.07, 6.45) is 0.230. The van der Waals surface area contributed by atoms with Crippen LogP contribution in [0.25, 0.3) is 11.0 Å². The van der Waals surface area contributed by atoms with Crippen LogP contribution in [-0.4, -0.2) is 42.6 Å². The van der Waals surface area contributed by atoms with Crippen LogP contribution in [0.2, 0.25) is 0 Å². The van der Waals surface area contributed by atoms with Crippen molar-refractivity contribution in [2.75, 3.05) is 20.7 Å². The van der Waals surface area contributed by atoms with Crippen molar-refractivity contribution in [2.24, 2.45) is 0 Å². The van der Waals surface area contributed by atoms with Gasteiger partial charge >= 0.3 is 11.6 Å². The molecule has 0 saturated carbocycles. The number of aliphatic carboxylic acids is 1. The second-order valence-electron chi connectivity index (χ2n) is 5.91. The summed E-state index contributed by atoms with van der Waals surface area (Å²) < 4.78 is 10.7. The molecule has 0 aliphatic carbocycles. The van der Waals surface area contributed by atoms with E-state index in [2.05, 4.69) is 0 Å². The van der Waals surface area contributed by atoms with Gasteiger partial charge in [0.2, 0.25) is 5.91 Å². The second-order valence-corrected chi connectivity index (χ2v) is 5.91. The van der Waals surface area contributed by atoms with Gasteiger partial charge in [-0.2, -0.15) is 0 Å². The van der Waals surface area contributed by atoms with Crippen LogP contribution in [0.4, 0.5) is 0 Å². The van der Waals surface area contributed by atoms with Crippen molar-refractivity contribution in [1.82, 2.24) is 4.90 Å². The van der Waals surface area contributed by atoms with Gasteiger partial charge in [0.25, 0.3) is 0 Å². The zero-order valence-corrected chi connectivity index (χ0v) is 14.7. The van der Waals surface area contributed by atoms with E-state index in [1.165, 1.54) is 7.05 Å². The van der Waals surface area contributed by atoms with Gasteiger partial charge in [-0.1, -0.05) is 0 Å². The Labute approximate surface area is 144 Å². The van der Waals surface area contributed by atoms with E-state index in [4.69, 9.17) is 14.3 Å². The second kappa shape index (κ2) is 7.38. The summed E-state index contributed by atoms with van der Waals surface area (Å²) in [6, 6.07) is 3.63. The molecule has 25 heavy (non-hydrogen) atoms. The number of nitrogens with zero attached hydrogens (tertiary/aromatic N) is 1. The molecule has 0 saturated heterocycles. The van der Waals surface area contributed by atoms with Gasteiger partial charge in [0.15, 0.2) is 0 Å². The number of carboxylic acids is 1. The number of aryl methyl sites for hydroxylation is 2. The minimum absolute atomic E-state index is 0.0377. The minimum Gasteiger partial charge on any atom is -0.496 e. The molecule has 7 nitrogen and oxygen atoms in total. The average molecular weight is 347 g/mol. The summed E-state index contributed by atoms with van der Waals surface area (Å²) >= 11 is 0. The SMILES string of the molecule is COc1ccc2c(C)c(CCC(=O)N(C)CC(=O)O)c(=O)oc2c1C. The Kier molecular flexibility index (Phi) is 5.46. The first-order valence-electron chi connectivity index (χ1n) is 7.81. The molecule has 0 aliphatic heterocycles. The predicted molar refractivity (Wildman–Crippen MR) is 92.1 cm³/mol. The van der Waals surface area contributed by atoms with E-state index in [0.29, 0.717) is 16.9 Å². The first-order valence-corrected chi connectivity index (χ1v) is 7.81. The van der Waals surface area contributed by atoms with Gasteiger partial charge in [-0.15, -0.1) is 0 Å². The van der Waals surface area contributed by atoms with Gasteiger partial charge in [-0.05, 0) is 38.0 Å². The summed E-state index contributed by atoms with van der Waals surface area (Å²) in [6.45, 7) is 3.25. The van der Waals surface area contributed by atoms with Crippen molar-refractivity contribution in [3.05, 3.63) is 39.2 Å². The summed E-state index contributed by atoms with van der Waals surface area (Å²) in [5, 5.41) is 9.52. The van der Waals surface area contributed by atoms with E-state index < -0.39 is 11.6 Å². The highest BCUT2D eigenvalue weighted by atomic mass is 16.5. The number of amides is 1. The predicted octanol–water partition coefficient (Wildman–Crippen LogP) is 1.89. The lowest BCUT2D eigenvalue weighted by atomic mass is 10.00. The number of rotatable bonds is 6. The number of likely N-dealkylation sites (N-methyl/N-ethyl adjacent to an activating group) is 1. The Morgan fingerprint density at radius 1 is 1.24 bits per heavy atom. The molecule has 1 heterocycles. The third-order valence-corrected chi connectivity index (χ3v) is 4.26. The van der Waals surface area contributed by atoms with E-state index in [1.54, 1.807) is 13.2 Å². The van der Waals surface area contributed by atoms with E-state index in [0.717, 1.165) is 21.4 Å². The Morgan fingerprint density at radius 3 is 2.52 bits per heavy atom. The fourth-order valence-corrected chi connectivity index (χ4v) is 2.79. The maximum atomic E-state index is 12.3. The zero-order chi connectivity index (χ0) is 18.7. The number of fused-ring (bicyclic) bond motifs is 1. The largest absolute Gasteiger partial charge is 0.496 e. The molecular formula is C18H21NO6. The van der Waals surface area contributed by atoms with Gasteiger partial charge in [-0.3, -0.25) is 9.59 Å². The van der Waals surface area contributed by atoms with E-state index in [9.17, 15) is 14.4 Å². The van der Waals surface area contributed by atoms with Crippen LogP contribution >= 0.6 is 0 Å². The fraction of sp³-hybridized carbons (Fsp3) is 0.389. The fourth-order valence-electron chi connectivity index (χ4n) is 2.79. The lowest BCUT2D eigenvalue weighted by Crippen LogP contribution is -2.32. The molecule has 134 valence electrons. The van der Waals surface area contributed by atoms with Crippen LogP contribution in [0.3, 0.4) is 0 Å². The number of ether oxygens (including phenoxy) is 1. The molecule has 0 bridgehead atoms. The van der Waals surface area contributed by atoms with Crippen LogP contribution in [0, 0.1) is 13.8 Å². The van der Waals surface area contributed by atoms with Crippen molar-refractivity contribution in [3.8, 4) is 5.75 Å². The maximum Gasteiger partial charge on any atom is 0.339 e. The summed E-state index contributed by atoms with van der Waals surface area (Å²) in [5.41, 5.74) is 1.90.